The molecule has 1 aliphatic heterocycles. The molecule has 19 heavy (non-hydrogen) atoms. The molecule has 5 heteroatoms. The third kappa shape index (κ3) is 2.98. The Morgan fingerprint density at radius 1 is 1.47 bits per heavy atom. The van der Waals surface area contributed by atoms with Crippen molar-refractivity contribution in [1.29, 1.82) is 0 Å². The Labute approximate surface area is 113 Å². The lowest BCUT2D eigenvalue weighted by Gasteiger charge is -2.31. The average molecular weight is 264 g/mol. The van der Waals surface area contributed by atoms with Crippen LogP contribution >= 0.6 is 0 Å². The zero-order chi connectivity index (χ0) is 13.7. The summed E-state index contributed by atoms with van der Waals surface area (Å²) >= 11 is 0. The van der Waals surface area contributed by atoms with Crippen LogP contribution in [0.2, 0.25) is 0 Å². The van der Waals surface area contributed by atoms with Crippen LogP contribution in [0, 0.1) is 0 Å². The molecule has 1 unspecified atom stereocenters. The predicted molar refractivity (Wildman–Crippen MR) is 73.5 cm³/mol. The number of para-hydroxylation sites is 2. The monoisotopic (exact) mass is 264 g/mol. The summed E-state index contributed by atoms with van der Waals surface area (Å²) < 4.78 is 5.37. The number of carbonyl (C=O) groups is 1. The van der Waals surface area contributed by atoms with Gasteiger partial charge < -0.3 is 20.1 Å². The van der Waals surface area contributed by atoms with Gasteiger partial charge in [-0.1, -0.05) is 12.1 Å². The van der Waals surface area contributed by atoms with E-state index in [9.17, 15) is 9.90 Å². The topological polar surface area (TPSA) is 61.8 Å². The summed E-state index contributed by atoms with van der Waals surface area (Å²) in [5.41, 5.74) is 0.903. The van der Waals surface area contributed by atoms with Crippen molar-refractivity contribution in [3.8, 4) is 5.75 Å². The molecule has 1 aromatic rings. The summed E-state index contributed by atoms with van der Waals surface area (Å²) in [4.78, 5) is 14.1. The smallest absolute Gasteiger partial charge is 0.242 e. The minimum Gasteiger partial charge on any atom is -0.495 e. The first-order valence-electron chi connectivity index (χ1n) is 6.56. The number of hydrogen-bond donors (Lipinski definition) is 2. The highest BCUT2D eigenvalue weighted by Gasteiger charge is 2.29. The summed E-state index contributed by atoms with van der Waals surface area (Å²) in [6, 6.07) is 7.32. The molecule has 1 aromatic carbocycles. The number of nitrogens with one attached hydrogen (secondary N) is 1. The van der Waals surface area contributed by atoms with Crippen molar-refractivity contribution in [2.45, 2.75) is 18.9 Å². The van der Waals surface area contributed by atoms with Crippen molar-refractivity contribution in [2.75, 3.05) is 31.7 Å². The van der Waals surface area contributed by atoms with E-state index in [1.807, 2.05) is 29.2 Å². The molecule has 1 amide bonds. The average Bonchev–Trinajstić information content (AvgIpc) is 2.62. The summed E-state index contributed by atoms with van der Waals surface area (Å²) in [5.74, 6) is 0.720. The van der Waals surface area contributed by atoms with E-state index in [0.717, 1.165) is 24.4 Å². The number of amides is 1. The number of aliphatic hydroxyl groups excluding tert-OH is 1. The van der Waals surface area contributed by atoms with Gasteiger partial charge in [0.25, 0.3) is 0 Å². The second-order valence-electron chi connectivity index (χ2n) is 4.54. The first-order chi connectivity index (χ1) is 9.27. The molecule has 0 spiro atoms. The molecule has 1 heterocycles. The maximum atomic E-state index is 12.1. The summed E-state index contributed by atoms with van der Waals surface area (Å²) in [6.07, 6.45) is 1.30. The highest BCUT2D eigenvalue weighted by molar-refractivity contribution is 5.86. The van der Waals surface area contributed by atoms with Crippen molar-refractivity contribution >= 4 is 11.6 Å². The number of nitrogens with zero attached hydrogens (tertiary/aromatic N) is 1. The minimum atomic E-state index is -0.344. The Morgan fingerprint density at radius 2 is 2.26 bits per heavy atom. The number of ether oxygens (including phenoxy) is 1. The zero-order valence-electron chi connectivity index (χ0n) is 11.1. The van der Waals surface area contributed by atoms with Crippen molar-refractivity contribution in [3.05, 3.63) is 24.3 Å². The van der Waals surface area contributed by atoms with Crippen molar-refractivity contribution in [2.24, 2.45) is 0 Å². The lowest BCUT2D eigenvalue weighted by Crippen LogP contribution is -2.45. The van der Waals surface area contributed by atoms with Gasteiger partial charge >= 0.3 is 0 Å². The lowest BCUT2D eigenvalue weighted by atomic mass is 10.1. The van der Waals surface area contributed by atoms with Gasteiger partial charge in [-0.15, -0.1) is 0 Å². The molecule has 2 N–H and O–H groups in total. The predicted octanol–water partition coefficient (Wildman–Crippen LogP) is 0.772. The van der Waals surface area contributed by atoms with Gasteiger partial charge in [0, 0.05) is 19.7 Å². The summed E-state index contributed by atoms with van der Waals surface area (Å²) in [7, 11) is 1.62. The first-order valence-corrected chi connectivity index (χ1v) is 6.56. The van der Waals surface area contributed by atoms with Crippen molar-refractivity contribution in [1.82, 2.24) is 5.32 Å². The Bertz CT molecular complexity index is 436. The molecule has 1 fully saturated rings. The number of rotatable bonds is 4. The highest BCUT2D eigenvalue weighted by Crippen LogP contribution is 2.30. The van der Waals surface area contributed by atoms with E-state index in [1.165, 1.54) is 0 Å². The maximum Gasteiger partial charge on any atom is 0.242 e. The fourth-order valence-corrected chi connectivity index (χ4v) is 2.44. The van der Waals surface area contributed by atoms with Crippen LogP contribution in [0.15, 0.2) is 24.3 Å². The number of methoxy groups -OCH3 is 1. The fraction of sp³-hybridized carbons (Fsp3) is 0.500. The number of anilines is 1. The largest absolute Gasteiger partial charge is 0.495 e. The second kappa shape index (κ2) is 6.43. The number of benzene rings is 1. The molecule has 0 radical (unpaired) electrons. The number of carbonyl (C=O) groups excluding carboxylic acids is 1. The summed E-state index contributed by atoms with van der Waals surface area (Å²) in [6.45, 7) is 1.43. The molecule has 1 aliphatic rings. The standard InChI is InChI=1S/C14H20N2O3/c1-19-13-6-3-2-5-11(13)16-9-4-8-15-14(18)12(16)7-10-17/h2-3,5-6,12,17H,4,7-10H2,1H3,(H,15,18). The molecule has 1 saturated heterocycles. The minimum absolute atomic E-state index is 0.0102. The van der Waals surface area contributed by atoms with E-state index in [1.54, 1.807) is 7.11 Å². The van der Waals surface area contributed by atoms with Gasteiger partial charge in [-0.25, -0.2) is 0 Å². The van der Waals surface area contributed by atoms with E-state index < -0.39 is 0 Å². The normalized spacial score (nSPS) is 19.8. The van der Waals surface area contributed by atoms with Gasteiger partial charge in [0.05, 0.1) is 12.8 Å². The van der Waals surface area contributed by atoms with Crippen molar-refractivity contribution in [3.63, 3.8) is 0 Å². The Kier molecular flexibility index (Phi) is 4.63. The van der Waals surface area contributed by atoms with Gasteiger partial charge in [-0.2, -0.15) is 0 Å². The van der Waals surface area contributed by atoms with Crippen LogP contribution in [0.5, 0.6) is 5.75 Å². The van der Waals surface area contributed by atoms with Crippen LogP contribution in [-0.2, 0) is 4.79 Å². The van der Waals surface area contributed by atoms with Crippen LogP contribution in [-0.4, -0.2) is 43.9 Å². The molecular weight excluding hydrogens is 244 g/mol. The molecular formula is C14H20N2O3. The van der Waals surface area contributed by atoms with Crippen LogP contribution in [0.3, 0.4) is 0 Å². The fourth-order valence-electron chi connectivity index (χ4n) is 2.44. The molecule has 1 atom stereocenters. The van der Waals surface area contributed by atoms with E-state index in [-0.39, 0.29) is 18.6 Å². The second-order valence-corrected chi connectivity index (χ2v) is 4.54. The summed E-state index contributed by atoms with van der Waals surface area (Å²) in [5, 5.41) is 12.1. The Morgan fingerprint density at radius 3 is 3.00 bits per heavy atom. The Balaban J connectivity index is 2.34. The van der Waals surface area contributed by atoms with Crippen molar-refractivity contribution < 1.29 is 14.6 Å². The molecule has 104 valence electrons. The highest BCUT2D eigenvalue weighted by atomic mass is 16.5. The van der Waals surface area contributed by atoms with Crippen LogP contribution < -0.4 is 15.0 Å². The zero-order valence-corrected chi connectivity index (χ0v) is 11.1. The molecule has 0 saturated carbocycles. The lowest BCUT2D eigenvalue weighted by molar-refractivity contribution is -0.122. The Hall–Kier alpha value is -1.75. The maximum absolute atomic E-state index is 12.1. The third-order valence-electron chi connectivity index (χ3n) is 3.35. The van der Waals surface area contributed by atoms with Gasteiger partial charge in [0.1, 0.15) is 11.8 Å². The quantitative estimate of drug-likeness (QED) is 0.843. The van der Waals surface area contributed by atoms with Gasteiger partial charge in [-0.05, 0) is 25.0 Å². The molecule has 2 rings (SSSR count). The van der Waals surface area contributed by atoms with Crippen LogP contribution in [0.1, 0.15) is 12.8 Å². The van der Waals surface area contributed by atoms with Gasteiger partial charge in [-0.3, -0.25) is 4.79 Å². The first kappa shape index (κ1) is 13.7. The molecule has 0 bridgehead atoms. The number of aliphatic hydroxyl groups is 1. The van der Waals surface area contributed by atoms with E-state index in [0.29, 0.717) is 13.0 Å². The SMILES string of the molecule is COc1ccccc1N1CCCNC(=O)C1CCO. The van der Waals surface area contributed by atoms with E-state index in [2.05, 4.69) is 5.32 Å². The molecule has 5 nitrogen and oxygen atoms in total. The third-order valence-corrected chi connectivity index (χ3v) is 3.35. The van der Waals surface area contributed by atoms with Gasteiger partial charge in [0.15, 0.2) is 0 Å². The van der Waals surface area contributed by atoms with E-state index in [4.69, 9.17) is 4.74 Å². The van der Waals surface area contributed by atoms with E-state index >= 15 is 0 Å². The number of hydrogen-bond acceptors (Lipinski definition) is 4. The van der Waals surface area contributed by atoms with Crippen LogP contribution in [0.25, 0.3) is 0 Å². The molecule has 0 aliphatic carbocycles. The molecule has 0 aromatic heterocycles. The van der Waals surface area contributed by atoms with Crippen LogP contribution in [0.4, 0.5) is 5.69 Å². The van der Waals surface area contributed by atoms with Gasteiger partial charge in [0.2, 0.25) is 5.91 Å².